The largest absolute Gasteiger partial charge is 0.348 e. The van der Waals surface area contributed by atoms with E-state index in [2.05, 4.69) is 10.3 Å². The summed E-state index contributed by atoms with van der Waals surface area (Å²) in [6.45, 7) is 3.67. The molecule has 3 aromatic rings. The lowest BCUT2D eigenvalue weighted by molar-refractivity contribution is -0.122. The Kier molecular flexibility index (Phi) is 4.86. The van der Waals surface area contributed by atoms with Crippen molar-refractivity contribution in [1.82, 2.24) is 14.9 Å². The first-order chi connectivity index (χ1) is 12.0. The second-order valence-corrected chi connectivity index (χ2v) is 6.42. The van der Waals surface area contributed by atoms with Crippen LogP contribution in [0.3, 0.4) is 0 Å². The van der Waals surface area contributed by atoms with Gasteiger partial charge in [0.25, 0.3) is 5.56 Å². The highest BCUT2D eigenvalue weighted by molar-refractivity contribution is 6.30. The van der Waals surface area contributed by atoms with Crippen LogP contribution in [-0.2, 0) is 11.3 Å². The lowest BCUT2D eigenvalue weighted by Crippen LogP contribution is -2.34. The van der Waals surface area contributed by atoms with Crippen LogP contribution >= 0.6 is 11.6 Å². The third kappa shape index (κ3) is 3.72. The van der Waals surface area contributed by atoms with Gasteiger partial charge in [-0.05, 0) is 43.2 Å². The van der Waals surface area contributed by atoms with E-state index in [0.717, 1.165) is 11.1 Å². The zero-order valence-corrected chi connectivity index (χ0v) is 14.7. The van der Waals surface area contributed by atoms with Gasteiger partial charge < -0.3 is 5.32 Å². The fourth-order valence-electron chi connectivity index (χ4n) is 2.76. The molecule has 3 rings (SSSR count). The average Bonchev–Trinajstić information content (AvgIpc) is 2.58. The summed E-state index contributed by atoms with van der Waals surface area (Å²) in [6, 6.07) is 12.6. The monoisotopic (exact) mass is 355 g/mol. The summed E-state index contributed by atoms with van der Waals surface area (Å²) >= 11 is 5.87. The minimum Gasteiger partial charge on any atom is -0.348 e. The molecule has 1 atom stereocenters. The van der Waals surface area contributed by atoms with E-state index in [1.54, 1.807) is 18.2 Å². The van der Waals surface area contributed by atoms with Gasteiger partial charge in [0.15, 0.2) is 0 Å². The molecule has 25 heavy (non-hydrogen) atoms. The van der Waals surface area contributed by atoms with Crippen molar-refractivity contribution in [1.29, 1.82) is 0 Å². The molecule has 2 aromatic carbocycles. The molecule has 0 radical (unpaired) electrons. The molecule has 0 bridgehead atoms. The Morgan fingerprint density at radius 3 is 2.68 bits per heavy atom. The van der Waals surface area contributed by atoms with Crippen molar-refractivity contribution < 1.29 is 4.79 Å². The quantitative estimate of drug-likeness (QED) is 0.781. The van der Waals surface area contributed by atoms with E-state index in [4.69, 9.17) is 11.6 Å². The van der Waals surface area contributed by atoms with Crippen molar-refractivity contribution in [2.75, 3.05) is 0 Å². The van der Waals surface area contributed by atoms with Gasteiger partial charge in [0.2, 0.25) is 5.91 Å². The Morgan fingerprint density at radius 2 is 1.96 bits per heavy atom. The van der Waals surface area contributed by atoms with E-state index in [9.17, 15) is 9.59 Å². The molecule has 0 spiro atoms. The molecule has 128 valence electrons. The van der Waals surface area contributed by atoms with Gasteiger partial charge in [0, 0.05) is 5.02 Å². The molecule has 1 amide bonds. The fraction of sp³-hybridized carbons (Fsp3) is 0.211. The highest BCUT2D eigenvalue weighted by Crippen LogP contribution is 2.16. The van der Waals surface area contributed by atoms with Crippen LogP contribution in [-0.4, -0.2) is 15.5 Å². The zero-order valence-electron chi connectivity index (χ0n) is 14.0. The van der Waals surface area contributed by atoms with Crippen LogP contribution in [0.15, 0.2) is 53.6 Å². The molecule has 1 heterocycles. The number of halogens is 1. The van der Waals surface area contributed by atoms with Gasteiger partial charge in [-0.2, -0.15) is 0 Å². The summed E-state index contributed by atoms with van der Waals surface area (Å²) in [6.07, 6.45) is 1.41. The lowest BCUT2D eigenvalue weighted by atomic mass is 10.1. The molecular formula is C19H18ClN3O2. The number of aryl methyl sites for hydroxylation is 1. The number of amides is 1. The highest BCUT2D eigenvalue weighted by atomic mass is 35.5. The second-order valence-electron chi connectivity index (χ2n) is 5.99. The first-order valence-electron chi connectivity index (χ1n) is 7.95. The van der Waals surface area contributed by atoms with E-state index in [-0.39, 0.29) is 24.1 Å². The third-order valence-corrected chi connectivity index (χ3v) is 4.38. The number of nitrogens with one attached hydrogen (secondary N) is 1. The number of hydrogen-bond donors (Lipinski definition) is 1. The van der Waals surface area contributed by atoms with E-state index < -0.39 is 0 Å². The third-order valence-electron chi connectivity index (χ3n) is 4.12. The molecule has 6 heteroatoms. The molecule has 5 nitrogen and oxygen atoms in total. The van der Waals surface area contributed by atoms with Crippen molar-refractivity contribution in [3.05, 3.63) is 75.3 Å². The molecule has 1 N–H and O–H groups in total. The predicted molar refractivity (Wildman–Crippen MR) is 98.7 cm³/mol. The Labute approximate surface area is 150 Å². The zero-order chi connectivity index (χ0) is 18.0. The number of aromatic nitrogens is 2. The summed E-state index contributed by atoms with van der Waals surface area (Å²) in [5, 5.41) is 4.07. The van der Waals surface area contributed by atoms with Crippen molar-refractivity contribution in [3.63, 3.8) is 0 Å². The first-order valence-corrected chi connectivity index (χ1v) is 8.33. The highest BCUT2D eigenvalue weighted by Gasteiger charge is 2.12. The van der Waals surface area contributed by atoms with Gasteiger partial charge in [0.1, 0.15) is 6.54 Å². The van der Waals surface area contributed by atoms with Gasteiger partial charge in [0.05, 0.1) is 23.3 Å². The first kappa shape index (κ1) is 17.2. The van der Waals surface area contributed by atoms with Crippen molar-refractivity contribution in [3.8, 4) is 0 Å². The van der Waals surface area contributed by atoms with Crippen LogP contribution in [0.5, 0.6) is 0 Å². The van der Waals surface area contributed by atoms with E-state index in [1.807, 2.05) is 38.1 Å². The normalized spacial score (nSPS) is 12.1. The molecule has 0 unspecified atom stereocenters. The van der Waals surface area contributed by atoms with Crippen molar-refractivity contribution >= 4 is 28.4 Å². The topological polar surface area (TPSA) is 64.0 Å². The molecule has 0 fully saturated rings. The minimum absolute atomic E-state index is 0.0754. The predicted octanol–water partition coefficient (Wildman–Crippen LogP) is 3.24. The molecule has 0 saturated carbocycles. The number of carbonyl (C=O) groups excluding carboxylic acids is 1. The Hall–Kier alpha value is -2.66. The average molecular weight is 356 g/mol. The number of fused-ring (bicyclic) bond motifs is 1. The summed E-state index contributed by atoms with van der Waals surface area (Å²) in [5.74, 6) is -0.251. The molecule has 0 aliphatic rings. The Balaban J connectivity index is 1.78. The number of hydrogen-bond acceptors (Lipinski definition) is 3. The summed E-state index contributed by atoms with van der Waals surface area (Å²) in [5.41, 5.74) is 2.21. The van der Waals surface area contributed by atoms with Crippen LogP contribution in [0.4, 0.5) is 0 Å². The maximum Gasteiger partial charge on any atom is 0.261 e. The van der Waals surface area contributed by atoms with Crippen LogP contribution < -0.4 is 10.9 Å². The maximum absolute atomic E-state index is 12.6. The van der Waals surface area contributed by atoms with Crippen LogP contribution in [0.1, 0.15) is 24.1 Å². The van der Waals surface area contributed by atoms with E-state index in [0.29, 0.717) is 15.9 Å². The van der Waals surface area contributed by atoms with Crippen molar-refractivity contribution in [2.45, 2.75) is 26.4 Å². The maximum atomic E-state index is 12.6. The lowest BCUT2D eigenvalue weighted by Gasteiger charge is -2.15. The summed E-state index contributed by atoms with van der Waals surface area (Å²) in [7, 11) is 0. The number of rotatable bonds is 4. The number of nitrogens with zero attached hydrogens (tertiary/aromatic N) is 2. The molecular weight excluding hydrogens is 338 g/mol. The molecule has 0 saturated heterocycles. The smallest absolute Gasteiger partial charge is 0.261 e. The minimum atomic E-state index is -0.251. The van der Waals surface area contributed by atoms with Gasteiger partial charge in [-0.15, -0.1) is 0 Å². The van der Waals surface area contributed by atoms with Gasteiger partial charge in [-0.3, -0.25) is 14.2 Å². The standard InChI is InChI=1S/C19H18ClN3O2/c1-12-4-3-5-16-18(12)19(25)23(11-21-16)10-17(24)22-13(2)14-6-8-15(20)9-7-14/h3-9,11,13H,10H2,1-2H3,(H,22,24)/t13-/m0/s1. The van der Waals surface area contributed by atoms with Crippen LogP contribution in [0.2, 0.25) is 5.02 Å². The van der Waals surface area contributed by atoms with Crippen LogP contribution in [0.25, 0.3) is 10.9 Å². The SMILES string of the molecule is Cc1cccc2ncn(CC(=O)N[C@@H](C)c3ccc(Cl)cc3)c(=O)c12. The van der Waals surface area contributed by atoms with E-state index in [1.165, 1.54) is 10.9 Å². The van der Waals surface area contributed by atoms with Crippen molar-refractivity contribution in [2.24, 2.45) is 0 Å². The Bertz CT molecular complexity index is 980. The number of benzene rings is 2. The van der Waals surface area contributed by atoms with E-state index >= 15 is 0 Å². The number of carbonyl (C=O) groups is 1. The summed E-state index contributed by atoms with van der Waals surface area (Å²) < 4.78 is 1.33. The second kappa shape index (κ2) is 7.07. The molecule has 0 aliphatic heterocycles. The van der Waals surface area contributed by atoms with Gasteiger partial charge in [-0.1, -0.05) is 35.9 Å². The summed E-state index contributed by atoms with van der Waals surface area (Å²) in [4.78, 5) is 29.2. The van der Waals surface area contributed by atoms with Gasteiger partial charge >= 0.3 is 0 Å². The van der Waals surface area contributed by atoms with Gasteiger partial charge in [-0.25, -0.2) is 4.98 Å². The fourth-order valence-corrected chi connectivity index (χ4v) is 2.88. The molecule has 1 aromatic heterocycles. The van der Waals surface area contributed by atoms with Crippen LogP contribution in [0, 0.1) is 6.92 Å². The Morgan fingerprint density at radius 1 is 1.24 bits per heavy atom. The molecule has 0 aliphatic carbocycles.